The van der Waals surface area contributed by atoms with Gasteiger partial charge in [0.1, 0.15) is 0 Å². The topological polar surface area (TPSA) is 63.4 Å². The van der Waals surface area contributed by atoms with Gasteiger partial charge in [-0.2, -0.15) is 0 Å². The van der Waals surface area contributed by atoms with Crippen LogP contribution in [0.15, 0.2) is 30.3 Å². The average Bonchev–Trinajstić information content (AvgIpc) is 2.53. The zero-order valence-corrected chi connectivity index (χ0v) is 13.3. The number of nitrogens with two attached hydrogens (primary N) is 1. The van der Waals surface area contributed by atoms with E-state index in [1.165, 1.54) is 5.56 Å². The largest absolute Gasteiger partial charge is 0.369 e. The molecule has 0 aliphatic carbocycles. The number of primary amides is 1. The highest BCUT2D eigenvalue weighted by atomic mass is 16.2. The average molecular weight is 300 g/mol. The van der Waals surface area contributed by atoms with Crippen LogP contribution in [-0.4, -0.2) is 29.8 Å². The van der Waals surface area contributed by atoms with E-state index in [9.17, 15) is 9.59 Å². The first-order valence-corrected chi connectivity index (χ1v) is 7.83. The summed E-state index contributed by atoms with van der Waals surface area (Å²) < 4.78 is 0. The second-order valence-electron chi connectivity index (χ2n) is 6.18. The Balaban J connectivity index is 1.97. The van der Waals surface area contributed by atoms with Gasteiger partial charge in [-0.15, -0.1) is 0 Å². The number of rotatable bonds is 4. The molecular weight excluding hydrogens is 276 g/mol. The van der Waals surface area contributed by atoms with Gasteiger partial charge in [-0.25, -0.2) is 0 Å². The van der Waals surface area contributed by atoms with Crippen molar-refractivity contribution in [1.29, 1.82) is 0 Å². The molecule has 1 unspecified atom stereocenters. The zero-order chi connectivity index (χ0) is 16.1. The van der Waals surface area contributed by atoms with E-state index in [1.807, 2.05) is 18.2 Å². The molecule has 1 heterocycles. The molecule has 0 bridgehead atoms. The van der Waals surface area contributed by atoms with E-state index >= 15 is 0 Å². The molecule has 1 aromatic rings. The lowest BCUT2D eigenvalue weighted by Gasteiger charge is -2.30. The Morgan fingerprint density at radius 1 is 1.27 bits per heavy atom. The van der Waals surface area contributed by atoms with Gasteiger partial charge in [0.25, 0.3) is 0 Å². The fourth-order valence-corrected chi connectivity index (χ4v) is 2.67. The first-order valence-electron chi connectivity index (χ1n) is 7.83. The van der Waals surface area contributed by atoms with Gasteiger partial charge in [0.2, 0.25) is 11.8 Å². The highest BCUT2D eigenvalue weighted by Gasteiger charge is 2.25. The fraction of sp³-hybridized carbons (Fsp3) is 0.444. The maximum atomic E-state index is 12.2. The number of carbonyl (C=O) groups is 2. The summed E-state index contributed by atoms with van der Waals surface area (Å²) in [6.07, 6.45) is 5.00. The molecule has 0 spiro atoms. The van der Waals surface area contributed by atoms with E-state index in [0.29, 0.717) is 19.0 Å². The van der Waals surface area contributed by atoms with Crippen LogP contribution in [0.2, 0.25) is 0 Å². The fourth-order valence-electron chi connectivity index (χ4n) is 2.67. The minimum absolute atomic E-state index is 0.0566. The quantitative estimate of drug-likeness (QED) is 0.869. The molecule has 1 atom stereocenters. The van der Waals surface area contributed by atoms with Gasteiger partial charge in [0.05, 0.1) is 5.92 Å². The molecule has 0 aromatic heterocycles. The standard InChI is InChI=1S/C18H24N2O2/c1-13(2)15-8-5-14(6-9-15)7-10-17(21)20-11-3-4-16(12-20)18(19)22/h5-10,13,16H,3-4,11-12H2,1-2H3,(H2,19,22). The van der Waals surface area contributed by atoms with Gasteiger partial charge >= 0.3 is 0 Å². The molecule has 1 saturated heterocycles. The van der Waals surface area contributed by atoms with Crippen molar-refractivity contribution < 1.29 is 9.59 Å². The van der Waals surface area contributed by atoms with Crippen molar-refractivity contribution in [2.45, 2.75) is 32.6 Å². The van der Waals surface area contributed by atoms with Crippen LogP contribution in [0.5, 0.6) is 0 Å². The molecule has 1 fully saturated rings. The van der Waals surface area contributed by atoms with Gasteiger partial charge in [0.15, 0.2) is 0 Å². The number of hydrogen-bond acceptors (Lipinski definition) is 2. The predicted molar refractivity (Wildman–Crippen MR) is 88.1 cm³/mol. The summed E-state index contributed by atoms with van der Waals surface area (Å²) in [6.45, 7) is 5.43. The first kappa shape index (κ1) is 16.3. The number of hydrogen-bond donors (Lipinski definition) is 1. The van der Waals surface area contributed by atoms with E-state index in [0.717, 1.165) is 18.4 Å². The first-order chi connectivity index (χ1) is 10.5. The van der Waals surface area contributed by atoms with Crippen LogP contribution in [0, 0.1) is 5.92 Å². The third kappa shape index (κ3) is 4.20. The van der Waals surface area contributed by atoms with E-state index in [4.69, 9.17) is 5.73 Å². The van der Waals surface area contributed by atoms with Crippen molar-refractivity contribution in [3.8, 4) is 0 Å². The summed E-state index contributed by atoms with van der Waals surface area (Å²) >= 11 is 0. The van der Waals surface area contributed by atoms with E-state index in [-0.39, 0.29) is 17.7 Å². The van der Waals surface area contributed by atoms with Crippen LogP contribution < -0.4 is 5.73 Å². The highest BCUT2D eigenvalue weighted by Crippen LogP contribution is 2.17. The Labute approximate surface area is 132 Å². The number of nitrogens with zero attached hydrogens (tertiary/aromatic N) is 1. The lowest BCUT2D eigenvalue weighted by molar-refractivity contribution is -0.130. The van der Waals surface area contributed by atoms with E-state index in [2.05, 4.69) is 26.0 Å². The second-order valence-corrected chi connectivity index (χ2v) is 6.18. The van der Waals surface area contributed by atoms with Crippen LogP contribution in [0.3, 0.4) is 0 Å². The molecule has 1 aliphatic heterocycles. The summed E-state index contributed by atoms with van der Waals surface area (Å²) in [4.78, 5) is 25.2. The normalized spacial score (nSPS) is 18.9. The third-order valence-corrected chi connectivity index (χ3v) is 4.16. The lowest BCUT2D eigenvalue weighted by atomic mass is 9.97. The van der Waals surface area contributed by atoms with Crippen LogP contribution in [0.4, 0.5) is 0 Å². The molecule has 0 radical (unpaired) electrons. The molecule has 1 aliphatic rings. The Bertz CT molecular complexity index is 561. The molecule has 2 rings (SSSR count). The number of benzene rings is 1. The van der Waals surface area contributed by atoms with Crippen LogP contribution in [0.1, 0.15) is 43.7 Å². The van der Waals surface area contributed by atoms with Crippen molar-refractivity contribution in [3.05, 3.63) is 41.5 Å². The number of likely N-dealkylation sites (tertiary alicyclic amines) is 1. The molecule has 118 valence electrons. The maximum Gasteiger partial charge on any atom is 0.246 e. The summed E-state index contributed by atoms with van der Waals surface area (Å²) in [5.74, 6) is -0.0835. The minimum Gasteiger partial charge on any atom is -0.369 e. The number of carbonyl (C=O) groups excluding carboxylic acids is 2. The monoisotopic (exact) mass is 300 g/mol. The van der Waals surface area contributed by atoms with Crippen LogP contribution in [-0.2, 0) is 9.59 Å². The molecular formula is C18H24N2O2. The zero-order valence-electron chi connectivity index (χ0n) is 13.3. The summed E-state index contributed by atoms with van der Waals surface area (Å²) in [6, 6.07) is 8.20. The minimum atomic E-state index is -0.314. The van der Waals surface area contributed by atoms with Crippen molar-refractivity contribution >= 4 is 17.9 Å². The Kier molecular flexibility index (Phi) is 5.36. The van der Waals surface area contributed by atoms with Crippen molar-refractivity contribution in [1.82, 2.24) is 4.90 Å². The molecule has 22 heavy (non-hydrogen) atoms. The molecule has 4 heteroatoms. The van der Waals surface area contributed by atoms with Gasteiger partial charge in [-0.1, -0.05) is 38.1 Å². The maximum absolute atomic E-state index is 12.2. The number of amides is 2. The number of piperidine rings is 1. The third-order valence-electron chi connectivity index (χ3n) is 4.16. The second kappa shape index (κ2) is 7.25. The van der Waals surface area contributed by atoms with E-state index in [1.54, 1.807) is 11.0 Å². The van der Waals surface area contributed by atoms with Crippen molar-refractivity contribution in [2.24, 2.45) is 11.7 Å². The lowest BCUT2D eigenvalue weighted by Crippen LogP contribution is -2.43. The summed E-state index contributed by atoms with van der Waals surface area (Å²) in [5, 5.41) is 0. The predicted octanol–water partition coefficient (Wildman–Crippen LogP) is 2.55. The highest BCUT2D eigenvalue weighted by molar-refractivity contribution is 5.92. The van der Waals surface area contributed by atoms with Crippen LogP contribution >= 0.6 is 0 Å². The smallest absolute Gasteiger partial charge is 0.246 e. The summed E-state index contributed by atoms with van der Waals surface area (Å²) in [7, 11) is 0. The van der Waals surface area contributed by atoms with Crippen LogP contribution in [0.25, 0.3) is 6.08 Å². The Hall–Kier alpha value is -2.10. The van der Waals surface area contributed by atoms with Gasteiger partial charge in [0, 0.05) is 19.2 Å². The Morgan fingerprint density at radius 2 is 1.95 bits per heavy atom. The molecule has 2 amide bonds. The Morgan fingerprint density at radius 3 is 2.55 bits per heavy atom. The van der Waals surface area contributed by atoms with E-state index < -0.39 is 0 Å². The molecule has 0 saturated carbocycles. The van der Waals surface area contributed by atoms with Crippen molar-refractivity contribution in [2.75, 3.05) is 13.1 Å². The molecule has 4 nitrogen and oxygen atoms in total. The van der Waals surface area contributed by atoms with Gasteiger partial charge < -0.3 is 10.6 Å². The van der Waals surface area contributed by atoms with Gasteiger partial charge in [-0.3, -0.25) is 9.59 Å². The summed E-state index contributed by atoms with van der Waals surface area (Å²) in [5.41, 5.74) is 7.62. The molecule has 2 N–H and O–H groups in total. The molecule has 1 aromatic carbocycles. The van der Waals surface area contributed by atoms with Gasteiger partial charge in [-0.05, 0) is 36.0 Å². The SMILES string of the molecule is CC(C)c1ccc(C=CC(=O)N2CCCC(C(N)=O)C2)cc1. The van der Waals surface area contributed by atoms with Crippen molar-refractivity contribution in [3.63, 3.8) is 0 Å².